The maximum absolute atomic E-state index is 12.8. The number of rotatable bonds is 3. The first kappa shape index (κ1) is 16.0. The zero-order valence-corrected chi connectivity index (χ0v) is 13.9. The number of aromatic amines is 1. The third kappa shape index (κ3) is 3.11. The van der Waals surface area contributed by atoms with E-state index in [0.29, 0.717) is 18.8 Å². The van der Waals surface area contributed by atoms with Crippen LogP contribution >= 0.6 is 0 Å². The molecule has 2 aromatic rings. The molecule has 23 heavy (non-hydrogen) atoms. The summed E-state index contributed by atoms with van der Waals surface area (Å²) in [7, 11) is -1.92. The van der Waals surface area contributed by atoms with Crippen LogP contribution in [0.25, 0.3) is 10.9 Å². The van der Waals surface area contributed by atoms with Crippen molar-refractivity contribution in [2.24, 2.45) is 0 Å². The summed E-state index contributed by atoms with van der Waals surface area (Å²) in [5, 5.41) is 3.27. The number of hydrogen-bond donors (Lipinski definition) is 2. The zero-order chi connectivity index (χ0) is 16.4. The smallest absolute Gasteiger partial charge is 0.267 e. The third-order valence-corrected chi connectivity index (χ3v) is 6.16. The van der Waals surface area contributed by atoms with Gasteiger partial charge in [0, 0.05) is 31.0 Å². The van der Waals surface area contributed by atoms with E-state index in [2.05, 4.69) is 10.3 Å². The highest BCUT2D eigenvalue weighted by atomic mass is 32.2. The van der Waals surface area contributed by atoms with Crippen LogP contribution in [0, 0.1) is 0 Å². The van der Waals surface area contributed by atoms with Crippen molar-refractivity contribution >= 4 is 26.8 Å². The summed E-state index contributed by atoms with van der Waals surface area (Å²) in [4.78, 5) is 15.0. The number of carbonyl (C=O) groups is 1. The molecule has 1 aromatic carbocycles. The van der Waals surface area contributed by atoms with E-state index in [-0.39, 0.29) is 10.8 Å². The fourth-order valence-electron chi connectivity index (χ4n) is 2.96. The van der Waals surface area contributed by atoms with Gasteiger partial charge >= 0.3 is 0 Å². The second-order valence-corrected chi connectivity index (χ2v) is 7.77. The number of hydrogen-bond acceptors (Lipinski definition) is 3. The van der Waals surface area contributed by atoms with Crippen LogP contribution in [-0.4, -0.2) is 43.8 Å². The highest BCUT2D eigenvalue weighted by molar-refractivity contribution is 7.89. The van der Waals surface area contributed by atoms with E-state index in [1.165, 1.54) is 0 Å². The molecule has 1 saturated heterocycles. The van der Waals surface area contributed by atoms with Crippen molar-refractivity contribution in [1.29, 1.82) is 0 Å². The first-order chi connectivity index (χ1) is 11.0. The summed E-state index contributed by atoms with van der Waals surface area (Å²) in [5.41, 5.74) is 1.17. The summed E-state index contributed by atoms with van der Waals surface area (Å²) in [6.45, 7) is 1.16. The van der Waals surface area contributed by atoms with Crippen molar-refractivity contribution in [3.8, 4) is 0 Å². The van der Waals surface area contributed by atoms with Gasteiger partial charge in [-0.15, -0.1) is 0 Å². The lowest BCUT2D eigenvalue weighted by molar-refractivity contribution is 0.0959. The van der Waals surface area contributed by atoms with Gasteiger partial charge in [-0.05, 0) is 37.1 Å². The molecule has 0 aliphatic carbocycles. The minimum absolute atomic E-state index is 0.224. The molecule has 7 heteroatoms. The SMILES string of the molecule is CNC(=O)c1cc2cc(S(=O)(=O)N3CCCCCC3)ccc2[nH]1. The molecule has 0 saturated carbocycles. The molecule has 124 valence electrons. The van der Waals surface area contributed by atoms with Crippen LogP contribution in [0.1, 0.15) is 36.2 Å². The largest absolute Gasteiger partial charge is 0.354 e. The fourth-order valence-corrected chi connectivity index (χ4v) is 4.51. The van der Waals surface area contributed by atoms with Gasteiger partial charge in [0.15, 0.2) is 0 Å². The molecule has 0 atom stereocenters. The van der Waals surface area contributed by atoms with Crippen LogP contribution in [0.2, 0.25) is 0 Å². The van der Waals surface area contributed by atoms with E-state index in [1.807, 2.05) is 0 Å². The Morgan fingerprint density at radius 1 is 1.13 bits per heavy atom. The Morgan fingerprint density at radius 3 is 2.48 bits per heavy atom. The van der Waals surface area contributed by atoms with E-state index in [9.17, 15) is 13.2 Å². The van der Waals surface area contributed by atoms with Crippen LogP contribution in [0.4, 0.5) is 0 Å². The third-order valence-electron chi connectivity index (χ3n) is 4.27. The fraction of sp³-hybridized carbons (Fsp3) is 0.438. The zero-order valence-electron chi connectivity index (χ0n) is 13.1. The van der Waals surface area contributed by atoms with Gasteiger partial charge in [-0.2, -0.15) is 4.31 Å². The van der Waals surface area contributed by atoms with Gasteiger partial charge in [0.25, 0.3) is 5.91 Å². The van der Waals surface area contributed by atoms with Gasteiger partial charge < -0.3 is 10.3 Å². The first-order valence-electron chi connectivity index (χ1n) is 7.87. The Morgan fingerprint density at radius 2 is 1.83 bits per heavy atom. The second kappa shape index (κ2) is 6.33. The van der Waals surface area contributed by atoms with Crippen LogP contribution in [-0.2, 0) is 10.0 Å². The number of sulfonamides is 1. The van der Waals surface area contributed by atoms with E-state index in [0.717, 1.165) is 36.6 Å². The molecule has 0 radical (unpaired) electrons. The molecule has 3 rings (SSSR count). The Bertz CT molecular complexity index is 818. The molecule has 1 aliphatic heterocycles. The van der Waals surface area contributed by atoms with Crippen molar-refractivity contribution in [2.75, 3.05) is 20.1 Å². The lowest BCUT2D eigenvalue weighted by atomic mass is 10.2. The Kier molecular flexibility index (Phi) is 4.41. The number of aromatic nitrogens is 1. The van der Waals surface area contributed by atoms with Crippen molar-refractivity contribution in [3.63, 3.8) is 0 Å². The molecule has 1 amide bonds. The minimum Gasteiger partial charge on any atom is -0.354 e. The Labute approximate surface area is 135 Å². The number of nitrogens with one attached hydrogen (secondary N) is 2. The number of benzene rings is 1. The Balaban J connectivity index is 1.97. The van der Waals surface area contributed by atoms with Crippen molar-refractivity contribution in [1.82, 2.24) is 14.6 Å². The lowest BCUT2D eigenvalue weighted by Crippen LogP contribution is -2.31. The summed E-state index contributed by atoms with van der Waals surface area (Å²) in [5.74, 6) is -0.224. The van der Waals surface area contributed by atoms with Gasteiger partial charge in [0.05, 0.1) is 4.90 Å². The summed E-state index contributed by atoms with van der Waals surface area (Å²) in [6.07, 6.45) is 3.98. The molecular weight excluding hydrogens is 314 g/mol. The average molecular weight is 335 g/mol. The lowest BCUT2D eigenvalue weighted by Gasteiger charge is -2.19. The summed E-state index contributed by atoms with van der Waals surface area (Å²) < 4.78 is 27.2. The molecule has 1 aromatic heterocycles. The molecule has 6 nitrogen and oxygen atoms in total. The molecule has 0 unspecified atom stereocenters. The minimum atomic E-state index is -3.47. The first-order valence-corrected chi connectivity index (χ1v) is 9.31. The van der Waals surface area contributed by atoms with Crippen molar-refractivity contribution < 1.29 is 13.2 Å². The van der Waals surface area contributed by atoms with Crippen molar-refractivity contribution in [2.45, 2.75) is 30.6 Å². The monoisotopic (exact) mass is 335 g/mol. The maximum atomic E-state index is 12.8. The predicted octanol–water partition coefficient (Wildman–Crippen LogP) is 2.09. The van der Waals surface area contributed by atoms with Gasteiger partial charge in [0.2, 0.25) is 10.0 Å². The molecule has 2 heterocycles. The molecule has 1 aliphatic rings. The molecular formula is C16H21N3O3S. The summed E-state index contributed by atoms with van der Waals surface area (Å²) in [6, 6.07) is 6.63. The number of H-pyrrole nitrogens is 1. The van der Waals surface area contributed by atoms with Crippen LogP contribution in [0.5, 0.6) is 0 Å². The van der Waals surface area contributed by atoms with E-state index in [1.54, 1.807) is 35.6 Å². The van der Waals surface area contributed by atoms with Crippen LogP contribution in [0.3, 0.4) is 0 Å². The van der Waals surface area contributed by atoms with Gasteiger partial charge in [0.1, 0.15) is 5.69 Å². The molecule has 2 N–H and O–H groups in total. The highest BCUT2D eigenvalue weighted by Crippen LogP contribution is 2.24. The van der Waals surface area contributed by atoms with Crippen molar-refractivity contribution in [3.05, 3.63) is 30.0 Å². The average Bonchev–Trinajstić information content (AvgIpc) is 2.77. The summed E-state index contributed by atoms with van der Waals surface area (Å²) >= 11 is 0. The maximum Gasteiger partial charge on any atom is 0.267 e. The van der Waals surface area contributed by atoms with Crippen LogP contribution in [0.15, 0.2) is 29.2 Å². The topological polar surface area (TPSA) is 82.3 Å². The van der Waals surface area contributed by atoms with E-state index >= 15 is 0 Å². The predicted molar refractivity (Wildman–Crippen MR) is 88.9 cm³/mol. The van der Waals surface area contributed by atoms with Crippen LogP contribution < -0.4 is 5.32 Å². The van der Waals surface area contributed by atoms with Gasteiger partial charge in [-0.3, -0.25) is 4.79 Å². The standard InChI is InChI=1S/C16H21N3O3S/c1-17-16(20)15-11-12-10-13(6-7-14(12)18-15)23(21,22)19-8-4-2-3-5-9-19/h6-7,10-11,18H,2-5,8-9H2,1H3,(H,17,20). The van der Waals surface area contributed by atoms with Gasteiger partial charge in [-0.1, -0.05) is 12.8 Å². The van der Waals surface area contributed by atoms with E-state index in [4.69, 9.17) is 0 Å². The highest BCUT2D eigenvalue weighted by Gasteiger charge is 2.25. The molecule has 0 spiro atoms. The number of carbonyl (C=O) groups excluding carboxylic acids is 1. The normalized spacial score (nSPS) is 17.1. The molecule has 1 fully saturated rings. The number of fused-ring (bicyclic) bond motifs is 1. The quantitative estimate of drug-likeness (QED) is 0.901. The number of nitrogens with zero attached hydrogens (tertiary/aromatic N) is 1. The Hall–Kier alpha value is -1.86. The molecule has 0 bridgehead atoms. The van der Waals surface area contributed by atoms with Gasteiger partial charge in [-0.25, -0.2) is 8.42 Å². The second-order valence-electron chi connectivity index (χ2n) is 5.83. The van der Waals surface area contributed by atoms with E-state index < -0.39 is 10.0 Å². The number of amides is 1.